The number of ether oxygens (including phenoxy) is 1. The topological polar surface area (TPSA) is 52.3 Å². The molecule has 4 heteroatoms. The Kier molecular flexibility index (Phi) is 3.23. The average molecular weight is 231 g/mol. The summed E-state index contributed by atoms with van der Waals surface area (Å²) in [6, 6.07) is 7.37. The van der Waals surface area contributed by atoms with Gasteiger partial charge >= 0.3 is 0 Å². The predicted molar refractivity (Wildman–Crippen MR) is 63.1 cm³/mol. The van der Waals surface area contributed by atoms with E-state index in [0.29, 0.717) is 17.9 Å². The van der Waals surface area contributed by atoms with Crippen molar-refractivity contribution in [3.63, 3.8) is 0 Å². The Bertz CT molecular complexity index is 514. The van der Waals surface area contributed by atoms with E-state index in [1.54, 1.807) is 0 Å². The van der Waals surface area contributed by atoms with E-state index in [4.69, 9.17) is 9.26 Å². The Hall–Kier alpha value is -2.10. The van der Waals surface area contributed by atoms with Crippen LogP contribution in [0.4, 0.5) is 0 Å². The molecule has 17 heavy (non-hydrogen) atoms. The van der Waals surface area contributed by atoms with Gasteiger partial charge in [-0.1, -0.05) is 5.16 Å². The molecule has 0 spiro atoms. The highest BCUT2D eigenvalue weighted by Crippen LogP contribution is 2.25. The van der Waals surface area contributed by atoms with Crippen molar-refractivity contribution in [3.05, 3.63) is 36.0 Å². The fourth-order valence-electron chi connectivity index (χ4n) is 1.57. The van der Waals surface area contributed by atoms with Gasteiger partial charge in [0.15, 0.2) is 11.5 Å². The minimum atomic E-state index is -0.0601. The summed E-state index contributed by atoms with van der Waals surface area (Å²) in [4.78, 5) is 11.3. The van der Waals surface area contributed by atoms with Gasteiger partial charge in [-0.25, -0.2) is 0 Å². The molecule has 0 bridgehead atoms. The zero-order valence-corrected chi connectivity index (χ0v) is 9.77. The van der Waals surface area contributed by atoms with E-state index < -0.39 is 0 Å². The van der Waals surface area contributed by atoms with Crippen LogP contribution in [-0.2, 0) is 0 Å². The Morgan fingerprint density at radius 1 is 1.35 bits per heavy atom. The summed E-state index contributed by atoms with van der Waals surface area (Å²) in [6.07, 6.45) is 1.44. The summed E-state index contributed by atoms with van der Waals surface area (Å²) < 4.78 is 10.4. The molecule has 0 fully saturated rings. The Morgan fingerprint density at radius 3 is 2.65 bits per heavy atom. The van der Waals surface area contributed by atoms with Crippen LogP contribution in [0.3, 0.4) is 0 Å². The first-order valence-corrected chi connectivity index (χ1v) is 5.41. The summed E-state index contributed by atoms with van der Waals surface area (Å²) in [5, 5.41) is 3.65. The van der Waals surface area contributed by atoms with Crippen LogP contribution in [0.5, 0.6) is 5.75 Å². The van der Waals surface area contributed by atoms with Gasteiger partial charge in [0.25, 0.3) is 0 Å². The normalized spacial score (nSPS) is 10.2. The molecule has 0 saturated heterocycles. The number of benzene rings is 1. The third-order valence-electron chi connectivity index (χ3n) is 2.38. The summed E-state index contributed by atoms with van der Waals surface area (Å²) in [7, 11) is 0. The average Bonchev–Trinajstić information content (AvgIpc) is 2.79. The van der Waals surface area contributed by atoms with Crippen LogP contribution in [0.1, 0.15) is 24.2 Å². The molecule has 2 aromatic rings. The van der Waals surface area contributed by atoms with Gasteiger partial charge in [0.05, 0.1) is 18.4 Å². The van der Waals surface area contributed by atoms with Gasteiger partial charge in [-0.2, -0.15) is 0 Å². The molecule has 4 nitrogen and oxygen atoms in total. The van der Waals surface area contributed by atoms with Crippen molar-refractivity contribution in [1.29, 1.82) is 0 Å². The fourth-order valence-corrected chi connectivity index (χ4v) is 1.57. The second-order valence-corrected chi connectivity index (χ2v) is 3.58. The van der Waals surface area contributed by atoms with Crippen LogP contribution in [0.25, 0.3) is 11.3 Å². The van der Waals surface area contributed by atoms with Gasteiger partial charge in [-0.15, -0.1) is 0 Å². The smallest absolute Gasteiger partial charge is 0.177 e. The van der Waals surface area contributed by atoms with E-state index in [9.17, 15) is 4.79 Å². The lowest BCUT2D eigenvalue weighted by molar-refractivity contribution is 0.101. The first kappa shape index (κ1) is 11.4. The molecule has 0 unspecified atom stereocenters. The van der Waals surface area contributed by atoms with Crippen molar-refractivity contribution < 1.29 is 14.1 Å². The Morgan fingerprint density at radius 2 is 2.06 bits per heavy atom. The number of rotatable bonds is 4. The maximum absolute atomic E-state index is 11.3. The molecule has 0 aliphatic heterocycles. The molecule has 1 aromatic carbocycles. The summed E-state index contributed by atoms with van der Waals surface area (Å²) in [5.74, 6) is 1.23. The van der Waals surface area contributed by atoms with E-state index >= 15 is 0 Å². The quantitative estimate of drug-likeness (QED) is 0.759. The molecule has 88 valence electrons. The molecular formula is C13H13NO3. The molecule has 0 aliphatic carbocycles. The minimum Gasteiger partial charge on any atom is -0.494 e. The van der Waals surface area contributed by atoms with Gasteiger partial charge in [-0.05, 0) is 38.1 Å². The van der Waals surface area contributed by atoms with Crippen molar-refractivity contribution in [2.45, 2.75) is 13.8 Å². The minimum absolute atomic E-state index is 0.0601. The zero-order valence-electron chi connectivity index (χ0n) is 9.77. The number of Topliss-reactive ketones (excluding diaryl/α,β-unsaturated/α-hetero) is 1. The highest BCUT2D eigenvalue weighted by atomic mass is 16.5. The molecule has 0 radical (unpaired) electrons. The fraction of sp³-hybridized carbons (Fsp3) is 0.231. The second-order valence-electron chi connectivity index (χ2n) is 3.58. The zero-order chi connectivity index (χ0) is 12.3. The lowest BCUT2D eigenvalue weighted by Crippen LogP contribution is -1.93. The van der Waals surface area contributed by atoms with Crippen LogP contribution in [0, 0.1) is 0 Å². The van der Waals surface area contributed by atoms with Crippen molar-refractivity contribution in [3.8, 4) is 17.1 Å². The largest absolute Gasteiger partial charge is 0.494 e. The third kappa shape index (κ3) is 2.36. The molecule has 1 aromatic heterocycles. The van der Waals surface area contributed by atoms with E-state index in [0.717, 1.165) is 11.3 Å². The third-order valence-corrected chi connectivity index (χ3v) is 2.38. The van der Waals surface area contributed by atoms with Gasteiger partial charge in [0.2, 0.25) is 0 Å². The Balaban J connectivity index is 2.33. The van der Waals surface area contributed by atoms with Crippen molar-refractivity contribution in [2.24, 2.45) is 0 Å². The van der Waals surface area contributed by atoms with Gasteiger partial charge in [-0.3, -0.25) is 4.79 Å². The molecular weight excluding hydrogens is 218 g/mol. The van der Waals surface area contributed by atoms with E-state index in [1.165, 1.54) is 13.1 Å². The number of carbonyl (C=O) groups is 1. The monoisotopic (exact) mass is 231 g/mol. The SMILES string of the molecule is CCOc1ccc(-c2oncc2C(C)=O)cc1. The van der Waals surface area contributed by atoms with Gasteiger partial charge in [0.1, 0.15) is 5.75 Å². The van der Waals surface area contributed by atoms with Crippen LogP contribution in [0.2, 0.25) is 0 Å². The lowest BCUT2D eigenvalue weighted by atomic mass is 10.1. The maximum atomic E-state index is 11.3. The van der Waals surface area contributed by atoms with Crippen molar-refractivity contribution in [1.82, 2.24) is 5.16 Å². The molecule has 0 amide bonds. The molecule has 0 atom stereocenters. The highest BCUT2D eigenvalue weighted by molar-refractivity contribution is 5.99. The van der Waals surface area contributed by atoms with Crippen LogP contribution in [0.15, 0.2) is 35.0 Å². The summed E-state index contributed by atoms with van der Waals surface area (Å²) in [5.41, 5.74) is 1.31. The van der Waals surface area contributed by atoms with Crippen LogP contribution >= 0.6 is 0 Å². The maximum Gasteiger partial charge on any atom is 0.177 e. The highest BCUT2D eigenvalue weighted by Gasteiger charge is 2.14. The molecule has 0 saturated carbocycles. The molecule has 2 rings (SSSR count). The number of carbonyl (C=O) groups excluding carboxylic acids is 1. The number of hydrogen-bond acceptors (Lipinski definition) is 4. The van der Waals surface area contributed by atoms with Crippen LogP contribution < -0.4 is 4.74 Å². The van der Waals surface area contributed by atoms with Gasteiger partial charge in [0, 0.05) is 5.56 Å². The summed E-state index contributed by atoms with van der Waals surface area (Å²) in [6.45, 7) is 4.04. The predicted octanol–water partition coefficient (Wildman–Crippen LogP) is 2.94. The van der Waals surface area contributed by atoms with Gasteiger partial charge < -0.3 is 9.26 Å². The number of nitrogens with zero attached hydrogens (tertiary/aromatic N) is 1. The first-order chi connectivity index (χ1) is 8.22. The van der Waals surface area contributed by atoms with E-state index in [-0.39, 0.29) is 5.78 Å². The lowest BCUT2D eigenvalue weighted by Gasteiger charge is -2.03. The van der Waals surface area contributed by atoms with Crippen LogP contribution in [-0.4, -0.2) is 17.5 Å². The molecule has 0 aliphatic rings. The Labute approximate surface area is 99.2 Å². The summed E-state index contributed by atoms with van der Waals surface area (Å²) >= 11 is 0. The molecule has 0 N–H and O–H groups in total. The van der Waals surface area contributed by atoms with Crippen molar-refractivity contribution in [2.75, 3.05) is 6.61 Å². The number of aromatic nitrogens is 1. The van der Waals surface area contributed by atoms with E-state index in [1.807, 2.05) is 31.2 Å². The van der Waals surface area contributed by atoms with Crippen molar-refractivity contribution >= 4 is 5.78 Å². The number of hydrogen-bond donors (Lipinski definition) is 0. The molecule has 1 heterocycles. The standard InChI is InChI=1S/C13H13NO3/c1-3-16-11-6-4-10(5-7-11)13-12(9(2)15)8-14-17-13/h4-8H,3H2,1-2H3. The van der Waals surface area contributed by atoms with E-state index in [2.05, 4.69) is 5.16 Å². The first-order valence-electron chi connectivity index (χ1n) is 5.41. The second kappa shape index (κ2) is 4.82. The number of ketones is 1.